The van der Waals surface area contributed by atoms with Crippen molar-refractivity contribution in [1.29, 1.82) is 0 Å². The summed E-state index contributed by atoms with van der Waals surface area (Å²) >= 11 is 0. The minimum absolute atomic E-state index is 0.0711. The molecule has 6 heteroatoms. The molecule has 1 amide bonds. The first-order valence-corrected chi connectivity index (χ1v) is 8.76. The van der Waals surface area contributed by atoms with Gasteiger partial charge in [-0.3, -0.25) is 14.7 Å². The maximum absolute atomic E-state index is 12.8. The molecule has 24 heavy (non-hydrogen) atoms. The van der Waals surface area contributed by atoms with Gasteiger partial charge in [-0.25, -0.2) is 4.39 Å². The van der Waals surface area contributed by atoms with E-state index in [-0.39, 0.29) is 24.7 Å². The molecule has 1 spiro atoms. The molecule has 3 atom stereocenters. The summed E-state index contributed by atoms with van der Waals surface area (Å²) in [5.74, 6) is 0.100. The number of carbonyl (C=O) groups excluding carboxylic acids is 1. The predicted molar refractivity (Wildman–Crippen MR) is 87.1 cm³/mol. The van der Waals surface area contributed by atoms with Crippen LogP contribution in [0.25, 0.3) is 0 Å². The highest BCUT2D eigenvalue weighted by molar-refractivity contribution is 5.86. The smallest absolute Gasteiger partial charge is 0.231 e. The molecule has 130 valence electrons. The van der Waals surface area contributed by atoms with Gasteiger partial charge in [0, 0.05) is 38.4 Å². The predicted octanol–water partition coefficient (Wildman–Crippen LogP) is 1.55. The van der Waals surface area contributed by atoms with Crippen molar-refractivity contribution in [1.82, 2.24) is 14.8 Å². The standard InChI is InChI=1S/C18H24FN3O2/c1-13-3-2-4-14(20-13)10-21-11-15-9-18(16(12-21)24-15)5-7-22(8-6-19)17(18)23/h2-4,15-16H,5-12H2,1H3/t15-,16-,18-/m0/s1. The summed E-state index contributed by atoms with van der Waals surface area (Å²) < 4.78 is 18.8. The van der Waals surface area contributed by atoms with Gasteiger partial charge in [0.1, 0.15) is 6.67 Å². The van der Waals surface area contributed by atoms with Crippen LogP contribution in [-0.4, -0.2) is 65.8 Å². The van der Waals surface area contributed by atoms with Crippen LogP contribution in [0.5, 0.6) is 0 Å². The minimum atomic E-state index is -0.470. The number of aromatic nitrogens is 1. The van der Waals surface area contributed by atoms with Crippen LogP contribution in [0.3, 0.4) is 0 Å². The molecule has 0 N–H and O–H groups in total. The number of pyridine rings is 1. The van der Waals surface area contributed by atoms with E-state index in [1.54, 1.807) is 4.90 Å². The number of halogens is 1. The summed E-state index contributed by atoms with van der Waals surface area (Å²) in [6, 6.07) is 6.07. The topological polar surface area (TPSA) is 45.7 Å². The van der Waals surface area contributed by atoms with Crippen molar-refractivity contribution in [2.75, 3.05) is 32.9 Å². The Morgan fingerprint density at radius 3 is 3.08 bits per heavy atom. The van der Waals surface area contributed by atoms with Gasteiger partial charge in [0.15, 0.2) is 0 Å². The van der Waals surface area contributed by atoms with Crippen LogP contribution in [0.15, 0.2) is 18.2 Å². The molecule has 0 aliphatic carbocycles. The third-order valence-corrected chi connectivity index (χ3v) is 5.68. The molecule has 0 saturated carbocycles. The second kappa shape index (κ2) is 6.08. The highest BCUT2D eigenvalue weighted by Crippen LogP contribution is 2.49. The first-order chi connectivity index (χ1) is 11.6. The van der Waals surface area contributed by atoms with E-state index in [4.69, 9.17) is 4.74 Å². The maximum atomic E-state index is 12.8. The number of ether oxygens (including phenoxy) is 1. The highest BCUT2D eigenvalue weighted by atomic mass is 19.1. The molecular formula is C18H24FN3O2. The average Bonchev–Trinajstić information content (AvgIpc) is 2.99. The molecule has 3 aliphatic heterocycles. The third-order valence-electron chi connectivity index (χ3n) is 5.68. The zero-order chi connectivity index (χ0) is 16.7. The van der Waals surface area contributed by atoms with Crippen LogP contribution in [0.4, 0.5) is 4.39 Å². The molecule has 1 aromatic heterocycles. The van der Waals surface area contributed by atoms with Crippen LogP contribution in [0.1, 0.15) is 24.2 Å². The Hall–Kier alpha value is -1.53. The molecule has 0 radical (unpaired) electrons. The number of morpholine rings is 1. The first-order valence-electron chi connectivity index (χ1n) is 8.76. The molecule has 4 heterocycles. The van der Waals surface area contributed by atoms with E-state index in [1.165, 1.54) is 0 Å². The Balaban J connectivity index is 1.48. The normalized spacial score (nSPS) is 32.9. The lowest BCUT2D eigenvalue weighted by Crippen LogP contribution is -2.47. The molecule has 3 saturated heterocycles. The van der Waals surface area contributed by atoms with E-state index in [1.807, 2.05) is 25.1 Å². The summed E-state index contributed by atoms with van der Waals surface area (Å²) in [5.41, 5.74) is 1.66. The molecule has 0 aromatic carbocycles. The molecule has 0 unspecified atom stereocenters. The number of fused-ring (bicyclic) bond motifs is 3. The van der Waals surface area contributed by atoms with E-state index in [0.717, 1.165) is 43.9 Å². The minimum Gasteiger partial charge on any atom is -0.371 e. The van der Waals surface area contributed by atoms with Gasteiger partial charge in [0.25, 0.3) is 0 Å². The quantitative estimate of drug-likeness (QED) is 0.839. The van der Waals surface area contributed by atoms with E-state index < -0.39 is 12.1 Å². The van der Waals surface area contributed by atoms with Crippen molar-refractivity contribution in [3.05, 3.63) is 29.6 Å². The van der Waals surface area contributed by atoms with Gasteiger partial charge in [-0.1, -0.05) is 6.07 Å². The number of rotatable bonds is 4. The number of likely N-dealkylation sites (tertiary alicyclic amines) is 2. The SMILES string of the molecule is Cc1cccc(CN2C[C@@H]3C[C@@]4(CCN(CCF)C4=O)[C@H](C2)O3)n1. The van der Waals surface area contributed by atoms with Crippen molar-refractivity contribution in [3.8, 4) is 0 Å². The van der Waals surface area contributed by atoms with Crippen molar-refractivity contribution in [2.45, 2.75) is 38.5 Å². The van der Waals surface area contributed by atoms with Crippen molar-refractivity contribution in [3.63, 3.8) is 0 Å². The lowest BCUT2D eigenvalue weighted by atomic mass is 9.79. The third kappa shape index (κ3) is 2.62. The van der Waals surface area contributed by atoms with Crippen LogP contribution in [-0.2, 0) is 16.1 Å². The second-order valence-electron chi connectivity index (χ2n) is 7.30. The lowest BCUT2D eigenvalue weighted by Gasteiger charge is -2.34. The van der Waals surface area contributed by atoms with Crippen LogP contribution < -0.4 is 0 Å². The van der Waals surface area contributed by atoms with Gasteiger partial charge in [-0.2, -0.15) is 0 Å². The Bertz CT molecular complexity index is 640. The molecule has 3 fully saturated rings. The van der Waals surface area contributed by atoms with Gasteiger partial charge in [0.05, 0.1) is 23.3 Å². The van der Waals surface area contributed by atoms with E-state index in [9.17, 15) is 9.18 Å². The Morgan fingerprint density at radius 2 is 2.29 bits per heavy atom. The number of carbonyl (C=O) groups is 1. The van der Waals surface area contributed by atoms with Crippen molar-refractivity contribution >= 4 is 5.91 Å². The van der Waals surface area contributed by atoms with Crippen LogP contribution in [0.2, 0.25) is 0 Å². The lowest BCUT2D eigenvalue weighted by molar-refractivity contribution is -0.141. The molecule has 2 bridgehead atoms. The van der Waals surface area contributed by atoms with Crippen molar-refractivity contribution < 1.29 is 13.9 Å². The van der Waals surface area contributed by atoms with Gasteiger partial charge in [0.2, 0.25) is 5.91 Å². The zero-order valence-electron chi connectivity index (χ0n) is 14.1. The molecular weight excluding hydrogens is 309 g/mol. The fourth-order valence-electron chi connectivity index (χ4n) is 4.58. The second-order valence-corrected chi connectivity index (χ2v) is 7.30. The summed E-state index contributed by atoms with van der Waals surface area (Å²) in [4.78, 5) is 21.4. The zero-order valence-corrected chi connectivity index (χ0v) is 14.1. The monoisotopic (exact) mass is 333 g/mol. The Kier molecular flexibility index (Phi) is 4.04. The van der Waals surface area contributed by atoms with E-state index in [0.29, 0.717) is 6.54 Å². The Morgan fingerprint density at radius 1 is 1.42 bits per heavy atom. The van der Waals surface area contributed by atoms with Gasteiger partial charge < -0.3 is 9.64 Å². The fourth-order valence-corrected chi connectivity index (χ4v) is 4.58. The van der Waals surface area contributed by atoms with Crippen LogP contribution in [0, 0.1) is 12.3 Å². The largest absolute Gasteiger partial charge is 0.371 e. The van der Waals surface area contributed by atoms with Gasteiger partial charge in [-0.15, -0.1) is 0 Å². The highest BCUT2D eigenvalue weighted by Gasteiger charge is 2.60. The summed E-state index contributed by atoms with van der Waals surface area (Å²) in [5, 5.41) is 0. The summed E-state index contributed by atoms with van der Waals surface area (Å²) in [7, 11) is 0. The van der Waals surface area contributed by atoms with Crippen LogP contribution >= 0.6 is 0 Å². The number of aryl methyl sites for hydroxylation is 1. The number of hydrogen-bond acceptors (Lipinski definition) is 4. The van der Waals surface area contributed by atoms with E-state index >= 15 is 0 Å². The van der Waals surface area contributed by atoms with Gasteiger partial charge in [-0.05, 0) is 31.9 Å². The summed E-state index contributed by atoms with van der Waals surface area (Å²) in [6.45, 7) is 4.78. The molecule has 3 aliphatic rings. The number of alkyl halides is 1. The number of amides is 1. The first kappa shape index (κ1) is 16.0. The Labute approximate surface area is 141 Å². The molecule has 5 nitrogen and oxygen atoms in total. The number of hydrogen-bond donors (Lipinski definition) is 0. The van der Waals surface area contributed by atoms with Crippen molar-refractivity contribution in [2.24, 2.45) is 5.41 Å². The molecule has 1 aromatic rings. The maximum Gasteiger partial charge on any atom is 0.231 e. The number of nitrogens with zero attached hydrogens (tertiary/aromatic N) is 3. The van der Waals surface area contributed by atoms with E-state index in [2.05, 4.69) is 9.88 Å². The molecule has 4 rings (SSSR count). The van der Waals surface area contributed by atoms with Gasteiger partial charge >= 0.3 is 0 Å². The summed E-state index contributed by atoms with van der Waals surface area (Å²) in [6.07, 6.45) is 1.60. The fraction of sp³-hybridized carbons (Fsp3) is 0.667. The average molecular weight is 333 g/mol.